The average Bonchev–Trinajstić information content (AvgIpc) is 3.17. The van der Waals surface area contributed by atoms with Crippen molar-refractivity contribution in [3.8, 4) is 11.3 Å². The second kappa shape index (κ2) is 8.07. The molecule has 1 fully saturated rings. The smallest absolute Gasteiger partial charge is 0.185 e. The molecule has 0 radical (unpaired) electrons. The van der Waals surface area contributed by atoms with Crippen molar-refractivity contribution in [3.05, 3.63) is 64.5 Å². The van der Waals surface area contributed by atoms with Crippen molar-refractivity contribution in [1.29, 1.82) is 0 Å². The summed E-state index contributed by atoms with van der Waals surface area (Å²) in [5.74, 6) is -1.82. The molecule has 0 N–H and O–H groups in total. The largest absolute Gasteiger partial charge is 0.348 e. The van der Waals surface area contributed by atoms with E-state index in [0.29, 0.717) is 32.0 Å². The van der Waals surface area contributed by atoms with Gasteiger partial charge in [-0.1, -0.05) is 18.2 Å². The van der Waals surface area contributed by atoms with Crippen molar-refractivity contribution in [3.63, 3.8) is 0 Å². The molecule has 0 saturated carbocycles. The second-order valence-electron chi connectivity index (χ2n) is 7.59. The maximum Gasteiger partial charge on any atom is 0.185 e. The number of nitrogens with zero attached hydrogens (tertiary/aromatic N) is 2. The van der Waals surface area contributed by atoms with Crippen molar-refractivity contribution in [1.82, 2.24) is 4.98 Å². The number of hydrogen-bond acceptors (Lipinski definition) is 5. The second-order valence-corrected chi connectivity index (χ2v) is 10.6. The van der Waals surface area contributed by atoms with Gasteiger partial charge < -0.3 is 4.90 Å². The Labute approximate surface area is 179 Å². The molecule has 1 aromatic heterocycles. The molecule has 3 aromatic rings. The van der Waals surface area contributed by atoms with Crippen molar-refractivity contribution in [2.24, 2.45) is 0 Å². The molecule has 0 unspecified atom stereocenters. The Hall–Kier alpha value is -2.32. The van der Waals surface area contributed by atoms with E-state index >= 15 is 0 Å². The average molecular weight is 449 g/mol. The van der Waals surface area contributed by atoms with Crippen LogP contribution in [0.4, 0.5) is 13.9 Å². The fraction of sp³-hybridized carbons (Fsp3) is 0.318. The lowest BCUT2D eigenvalue weighted by atomic mass is 10.0. The summed E-state index contributed by atoms with van der Waals surface area (Å²) >= 11 is 1.54. The summed E-state index contributed by atoms with van der Waals surface area (Å²) in [4.78, 5) is 6.44. The SMILES string of the molecule is Cc1cccc(C)c1-c1csc(N2CCC(S(=O)(=O)c3ccc(F)cc3F)CC2)n1. The van der Waals surface area contributed by atoms with Crippen LogP contribution in [0.3, 0.4) is 0 Å². The maximum absolute atomic E-state index is 14.0. The Morgan fingerprint density at radius 2 is 1.73 bits per heavy atom. The van der Waals surface area contributed by atoms with Gasteiger partial charge in [0.05, 0.1) is 10.9 Å². The zero-order valence-electron chi connectivity index (χ0n) is 16.7. The molecule has 1 saturated heterocycles. The maximum atomic E-state index is 14.0. The molecule has 8 heteroatoms. The van der Waals surface area contributed by atoms with E-state index in [1.807, 2.05) is 11.4 Å². The summed E-state index contributed by atoms with van der Waals surface area (Å²) in [5, 5.41) is 2.20. The van der Waals surface area contributed by atoms with E-state index in [9.17, 15) is 17.2 Å². The van der Waals surface area contributed by atoms with Gasteiger partial charge in [0.15, 0.2) is 15.0 Å². The predicted octanol–water partition coefficient (Wildman–Crippen LogP) is 5.15. The van der Waals surface area contributed by atoms with Gasteiger partial charge in [-0.25, -0.2) is 22.2 Å². The van der Waals surface area contributed by atoms with Gasteiger partial charge in [0, 0.05) is 30.1 Å². The van der Waals surface area contributed by atoms with Crippen molar-refractivity contribution < 1.29 is 17.2 Å². The van der Waals surface area contributed by atoms with Crippen LogP contribution in [0.25, 0.3) is 11.3 Å². The zero-order valence-corrected chi connectivity index (χ0v) is 18.4. The van der Waals surface area contributed by atoms with Crippen LogP contribution in [-0.2, 0) is 9.84 Å². The molecule has 0 aliphatic carbocycles. The topological polar surface area (TPSA) is 50.3 Å². The fourth-order valence-corrected chi connectivity index (χ4v) is 6.63. The van der Waals surface area contributed by atoms with E-state index in [1.165, 1.54) is 0 Å². The Balaban J connectivity index is 1.50. The van der Waals surface area contributed by atoms with E-state index in [1.54, 1.807) is 11.3 Å². The van der Waals surface area contributed by atoms with Crippen molar-refractivity contribution >= 4 is 26.3 Å². The minimum atomic E-state index is -3.85. The summed E-state index contributed by atoms with van der Waals surface area (Å²) in [6.07, 6.45) is 0.745. The number of piperidine rings is 1. The van der Waals surface area contributed by atoms with E-state index in [-0.39, 0.29) is 0 Å². The van der Waals surface area contributed by atoms with Gasteiger partial charge in [-0.15, -0.1) is 11.3 Å². The van der Waals surface area contributed by atoms with Gasteiger partial charge in [-0.05, 0) is 49.9 Å². The standard InChI is InChI=1S/C22H22F2N2O2S2/c1-14-4-3-5-15(2)21(14)19-13-29-22(25-19)26-10-8-17(9-11-26)30(27,28)20-7-6-16(23)12-18(20)24/h3-7,12-13,17H,8-11H2,1-2H3. The minimum absolute atomic E-state index is 0.372. The highest BCUT2D eigenvalue weighted by atomic mass is 32.2. The zero-order chi connectivity index (χ0) is 21.5. The first-order valence-electron chi connectivity index (χ1n) is 9.73. The number of rotatable bonds is 4. The van der Waals surface area contributed by atoms with Crippen LogP contribution in [0.1, 0.15) is 24.0 Å². The van der Waals surface area contributed by atoms with Crippen LogP contribution < -0.4 is 4.90 Å². The van der Waals surface area contributed by atoms with Crippen molar-refractivity contribution in [2.45, 2.75) is 36.8 Å². The molecule has 4 nitrogen and oxygen atoms in total. The first-order chi connectivity index (χ1) is 14.3. The van der Waals surface area contributed by atoms with E-state index in [0.717, 1.165) is 39.6 Å². The summed E-state index contributed by atoms with van der Waals surface area (Å²) in [6.45, 7) is 5.16. The van der Waals surface area contributed by atoms with E-state index < -0.39 is 31.6 Å². The first kappa shape index (κ1) is 20.9. The molecule has 0 bridgehead atoms. The van der Waals surface area contributed by atoms with Crippen LogP contribution >= 0.6 is 11.3 Å². The predicted molar refractivity (Wildman–Crippen MR) is 116 cm³/mol. The van der Waals surface area contributed by atoms with Gasteiger partial charge in [0.25, 0.3) is 0 Å². The Morgan fingerprint density at radius 3 is 2.37 bits per heavy atom. The third kappa shape index (κ3) is 3.86. The van der Waals surface area contributed by atoms with E-state index in [4.69, 9.17) is 4.98 Å². The Morgan fingerprint density at radius 1 is 1.07 bits per heavy atom. The quantitative estimate of drug-likeness (QED) is 0.518. The molecule has 0 atom stereocenters. The molecule has 2 aromatic carbocycles. The summed E-state index contributed by atoms with van der Waals surface area (Å²) < 4.78 is 52.8. The third-order valence-corrected chi connectivity index (χ3v) is 8.78. The van der Waals surface area contributed by atoms with Crippen LogP contribution in [0.15, 0.2) is 46.7 Å². The van der Waals surface area contributed by atoms with Gasteiger partial charge in [-0.3, -0.25) is 0 Å². The number of thiazole rings is 1. The highest BCUT2D eigenvalue weighted by molar-refractivity contribution is 7.92. The molecule has 0 spiro atoms. The molecule has 158 valence electrons. The summed E-state index contributed by atoms with van der Waals surface area (Å²) in [7, 11) is -3.85. The van der Waals surface area contributed by atoms with Gasteiger partial charge in [-0.2, -0.15) is 0 Å². The van der Waals surface area contributed by atoms with Gasteiger partial charge in [0.1, 0.15) is 16.5 Å². The number of anilines is 1. The Kier molecular flexibility index (Phi) is 5.63. The number of sulfone groups is 1. The van der Waals surface area contributed by atoms with Gasteiger partial charge in [0.2, 0.25) is 0 Å². The minimum Gasteiger partial charge on any atom is -0.348 e. The number of aromatic nitrogens is 1. The number of benzene rings is 2. The highest BCUT2D eigenvalue weighted by Crippen LogP contribution is 2.34. The van der Waals surface area contributed by atoms with Crippen LogP contribution in [0.5, 0.6) is 0 Å². The van der Waals surface area contributed by atoms with E-state index in [2.05, 4.69) is 30.9 Å². The fourth-order valence-electron chi connectivity index (χ4n) is 3.99. The number of halogens is 2. The lowest BCUT2D eigenvalue weighted by Crippen LogP contribution is -2.39. The van der Waals surface area contributed by atoms with Gasteiger partial charge >= 0.3 is 0 Å². The lowest BCUT2D eigenvalue weighted by Gasteiger charge is -2.31. The molecular weight excluding hydrogens is 426 g/mol. The summed E-state index contributed by atoms with van der Waals surface area (Å²) in [6, 6.07) is 8.77. The molecule has 1 aliphatic rings. The monoisotopic (exact) mass is 448 g/mol. The van der Waals surface area contributed by atoms with Crippen LogP contribution in [0, 0.1) is 25.5 Å². The van der Waals surface area contributed by atoms with Crippen LogP contribution in [-0.4, -0.2) is 31.7 Å². The molecular formula is C22H22F2N2O2S2. The molecule has 0 amide bonds. The normalized spacial score (nSPS) is 15.5. The summed E-state index contributed by atoms with van der Waals surface area (Å²) in [5.41, 5.74) is 4.38. The molecule has 4 rings (SSSR count). The highest BCUT2D eigenvalue weighted by Gasteiger charge is 2.34. The molecule has 2 heterocycles. The molecule has 30 heavy (non-hydrogen) atoms. The molecule has 1 aliphatic heterocycles. The Bertz CT molecular complexity index is 1160. The van der Waals surface area contributed by atoms with Crippen LogP contribution in [0.2, 0.25) is 0 Å². The van der Waals surface area contributed by atoms with Crippen molar-refractivity contribution in [2.75, 3.05) is 18.0 Å². The number of hydrogen-bond donors (Lipinski definition) is 0. The lowest BCUT2D eigenvalue weighted by molar-refractivity contribution is 0.516. The first-order valence-corrected chi connectivity index (χ1v) is 12.2. The number of aryl methyl sites for hydroxylation is 2. The third-order valence-electron chi connectivity index (χ3n) is 5.58.